The largest absolute Gasteiger partial charge is 0.396 e. The molecule has 2 N–H and O–H groups in total. The van der Waals surface area contributed by atoms with Gasteiger partial charge in [-0.05, 0) is 25.2 Å². The maximum absolute atomic E-state index is 10.4. The first-order chi connectivity index (χ1) is 10.3. The van der Waals surface area contributed by atoms with Crippen LogP contribution in [0.1, 0.15) is 44.9 Å². The molecule has 3 aliphatic rings. The summed E-state index contributed by atoms with van der Waals surface area (Å²) in [5.74, 6) is 6.85. The average Bonchev–Trinajstić information content (AvgIpc) is 3.05. The molecule has 0 bridgehead atoms. The Balaban J connectivity index is 1.43. The van der Waals surface area contributed by atoms with Crippen molar-refractivity contribution in [3.63, 3.8) is 0 Å². The van der Waals surface area contributed by atoms with Gasteiger partial charge >= 0.3 is 0 Å². The molecule has 4 heteroatoms. The van der Waals surface area contributed by atoms with Crippen LogP contribution >= 0.6 is 0 Å². The molecule has 118 valence electrons. The molecule has 1 saturated heterocycles. The Labute approximate surface area is 126 Å². The van der Waals surface area contributed by atoms with E-state index in [2.05, 4.69) is 11.8 Å². The van der Waals surface area contributed by atoms with Gasteiger partial charge in [-0.3, -0.25) is 0 Å². The van der Waals surface area contributed by atoms with Crippen LogP contribution < -0.4 is 0 Å². The first kappa shape index (κ1) is 15.3. The minimum atomic E-state index is -0.383. The molecule has 1 heterocycles. The fraction of sp³-hybridized carbons (Fsp3) is 0.882. The second kappa shape index (κ2) is 6.66. The van der Waals surface area contributed by atoms with E-state index in [0.717, 1.165) is 44.9 Å². The number of unbranched alkanes of at least 4 members (excludes halogenated alkanes) is 4. The third-order valence-corrected chi connectivity index (χ3v) is 5.23. The van der Waals surface area contributed by atoms with Gasteiger partial charge < -0.3 is 19.7 Å². The van der Waals surface area contributed by atoms with Crippen LogP contribution in [0.5, 0.6) is 0 Å². The summed E-state index contributed by atoms with van der Waals surface area (Å²) in [7, 11) is 0. The molecule has 2 saturated carbocycles. The molecule has 1 spiro atoms. The summed E-state index contributed by atoms with van der Waals surface area (Å²) in [6.45, 7) is 1.65. The van der Waals surface area contributed by atoms with E-state index in [4.69, 9.17) is 14.6 Å². The van der Waals surface area contributed by atoms with Crippen LogP contribution in [-0.2, 0) is 9.47 Å². The fourth-order valence-corrected chi connectivity index (χ4v) is 4.04. The highest BCUT2D eigenvalue weighted by molar-refractivity contribution is 5.17. The molecule has 3 rings (SSSR count). The summed E-state index contributed by atoms with van der Waals surface area (Å²) in [6.07, 6.45) is 6.49. The van der Waals surface area contributed by atoms with E-state index < -0.39 is 0 Å². The second-order valence-electron chi connectivity index (χ2n) is 6.52. The maximum atomic E-state index is 10.4. The Morgan fingerprint density at radius 2 is 1.86 bits per heavy atom. The molecule has 2 aliphatic carbocycles. The van der Waals surface area contributed by atoms with E-state index in [0.29, 0.717) is 25.0 Å². The van der Waals surface area contributed by atoms with Crippen LogP contribution in [0.25, 0.3) is 0 Å². The van der Waals surface area contributed by atoms with Crippen LogP contribution in [0.15, 0.2) is 0 Å². The van der Waals surface area contributed by atoms with Crippen LogP contribution in [-0.4, -0.2) is 41.9 Å². The highest BCUT2D eigenvalue weighted by Gasteiger charge is 2.64. The van der Waals surface area contributed by atoms with Crippen molar-refractivity contribution in [1.82, 2.24) is 0 Å². The van der Waals surface area contributed by atoms with Gasteiger partial charge in [-0.25, -0.2) is 0 Å². The van der Waals surface area contributed by atoms with Crippen LogP contribution in [0.3, 0.4) is 0 Å². The standard InChI is InChI=1S/C17H26O4/c18-8-6-4-2-1-3-5-7-13-11-15-14(16(13)19)12-17(15)20-9-10-21-17/h13-16,18-19H,1-4,6,8-12H2/t13-,14?,15?,16?/m1/s1. The summed E-state index contributed by atoms with van der Waals surface area (Å²) < 4.78 is 11.5. The monoisotopic (exact) mass is 294 g/mol. The van der Waals surface area contributed by atoms with Crippen molar-refractivity contribution >= 4 is 0 Å². The Morgan fingerprint density at radius 3 is 2.62 bits per heavy atom. The van der Waals surface area contributed by atoms with Gasteiger partial charge in [-0.15, -0.1) is 5.92 Å². The van der Waals surface area contributed by atoms with Gasteiger partial charge in [0.05, 0.1) is 19.3 Å². The van der Waals surface area contributed by atoms with Crippen molar-refractivity contribution in [1.29, 1.82) is 0 Å². The van der Waals surface area contributed by atoms with Gasteiger partial charge in [-0.2, -0.15) is 0 Å². The van der Waals surface area contributed by atoms with Crippen molar-refractivity contribution in [2.24, 2.45) is 17.8 Å². The maximum Gasteiger partial charge on any atom is 0.172 e. The van der Waals surface area contributed by atoms with Crippen molar-refractivity contribution in [3.8, 4) is 11.8 Å². The lowest BCUT2D eigenvalue weighted by Gasteiger charge is -2.48. The third kappa shape index (κ3) is 2.98. The van der Waals surface area contributed by atoms with E-state index in [1.165, 1.54) is 0 Å². The molecule has 0 amide bonds. The number of fused-ring (bicyclic) bond motifs is 2. The fourth-order valence-electron chi connectivity index (χ4n) is 4.04. The molecule has 0 aromatic heterocycles. The molecule has 3 fully saturated rings. The molecule has 21 heavy (non-hydrogen) atoms. The number of hydrogen-bond acceptors (Lipinski definition) is 4. The predicted molar refractivity (Wildman–Crippen MR) is 78.3 cm³/mol. The van der Waals surface area contributed by atoms with Crippen molar-refractivity contribution in [2.45, 2.75) is 56.8 Å². The zero-order valence-electron chi connectivity index (χ0n) is 12.6. The molecular formula is C17H26O4. The van der Waals surface area contributed by atoms with E-state index in [1.807, 2.05) is 0 Å². The lowest BCUT2D eigenvalue weighted by Crippen LogP contribution is -2.54. The smallest absolute Gasteiger partial charge is 0.172 e. The summed E-state index contributed by atoms with van der Waals surface area (Å²) in [5.41, 5.74) is 0. The topological polar surface area (TPSA) is 58.9 Å². The number of hydrogen-bond donors (Lipinski definition) is 2. The molecule has 4 nitrogen and oxygen atoms in total. The average molecular weight is 294 g/mol. The lowest BCUT2D eigenvalue weighted by atomic mass is 9.69. The van der Waals surface area contributed by atoms with Gasteiger partial charge in [0.15, 0.2) is 5.79 Å². The Kier molecular flexibility index (Phi) is 4.85. The van der Waals surface area contributed by atoms with Gasteiger partial charge in [0, 0.05) is 31.3 Å². The van der Waals surface area contributed by atoms with Crippen molar-refractivity contribution < 1.29 is 19.7 Å². The van der Waals surface area contributed by atoms with Crippen molar-refractivity contribution in [2.75, 3.05) is 19.8 Å². The minimum Gasteiger partial charge on any atom is -0.396 e. The second-order valence-corrected chi connectivity index (χ2v) is 6.52. The van der Waals surface area contributed by atoms with Gasteiger partial charge in [-0.1, -0.05) is 18.8 Å². The van der Waals surface area contributed by atoms with E-state index in [9.17, 15) is 5.11 Å². The van der Waals surface area contributed by atoms with Crippen LogP contribution in [0.4, 0.5) is 0 Å². The molecule has 0 radical (unpaired) electrons. The Bertz CT molecular complexity index is 405. The Hall–Kier alpha value is -0.600. The summed E-state index contributed by atoms with van der Waals surface area (Å²) in [5, 5.41) is 19.1. The highest BCUT2D eigenvalue weighted by Crippen LogP contribution is 2.58. The number of ether oxygens (including phenoxy) is 2. The quantitative estimate of drug-likeness (QED) is 0.598. The SMILES string of the molecule is OCCCCCCC#C[C@@H]1CC2C(CC23OCCO3)C1O. The molecule has 3 unspecified atom stereocenters. The minimum absolute atomic E-state index is 0.0876. The van der Waals surface area contributed by atoms with Gasteiger partial charge in [0.2, 0.25) is 0 Å². The van der Waals surface area contributed by atoms with E-state index in [-0.39, 0.29) is 24.4 Å². The predicted octanol–water partition coefficient (Wildman–Crippen LogP) is 1.69. The summed E-state index contributed by atoms with van der Waals surface area (Å²) >= 11 is 0. The number of aliphatic hydroxyl groups excluding tert-OH is 2. The third-order valence-electron chi connectivity index (χ3n) is 5.23. The molecule has 4 atom stereocenters. The van der Waals surface area contributed by atoms with E-state index in [1.54, 1.807) is 0 Å². The number of rotatable bonds is 5. The lowest BCUT2D eigenvalue weighted by molar-refractivity contribution is -0.275. The first-order valence-electron chi connectivity index (χ1n) is 8.32. The Morgan fingerprint density at radius 1 is 1.10 bits per heavy atom. The molecule has 0 aromatic rings. The van der Waals surface area contributed by atoms with E-state index >= 15 is 0 Å². The summed E-state index contributed by atoms with van der Waals surface area (Å²) in [4.78, 5) is 0. The van der Waals surface area contributed by atoms with Crippen molar-refractivity contribution in [3.05, 3.63) is 0 Å². The molecule has 0 aromatic carbocycles. The van der Waals surface area contributed by atoms with Gasteiger partial charge in [0.1, 0.15) is 0 Å². The normalized spacial score (nSPS) is 36.1. The van der Waals surface area contributed by atoms with Gasteiger partial charge in [0.25, 0.3) is 0 Å². The first-order valence-corrected chi connectivity index (χ1v) is 8.32. The summed E-state index contributed by atoms with van der Waals surface area (Å²) in [6, 6.07) is 0. The zero-order valence-corrected chi connectivity index (χ0v) is 12.6. The van der Waals surface area contributed by atoms with Crippen LogP contribution in [0, 0.1) is 29.6 Å². The number of aliphatic hydroxyl groups is 2. The van der Waals surface area contributed by atoms with Crippen LogP contribution in [0.2, 0.25) is 0 Å². The molecule has 1 aliphatic heterocycles. The zero-order chi connectivity index (χ0) is 14.7. The molecular weight excluding hydrogens is 268 g/mol. The highest BCUT2D eigenvalue weighted by atomic mass is 16.7.